The van der Waals surface area contributed by atoms with Crippen molar-refractivity contribution in [2.75, 3.05) is 0 Å². The summed E-state index contributed by atoms with van der Waals surface area (Å²) in [6.07, 6.45) is 1.49. The van der Waals surface area contributed by atoms with Gasteiger partial charge in [-0.1, -0.05) is 12.1 Å². The van der Waals surface area contributed by atoms with Gasteiger partial charge >= 0.3 is 0 Å². The van der Waals surface area contributed by atoms with Gasteiger partial charge in [0.1, 0.15) is 5.82 Å². The fourth-order valence-corrected chi connectivity index (χ4v) is 1.54. The Kier molecular flexibility index (Phi) is 2.68. The molecular formula is C12H15FN2O. The first-order chi connectivity index (χ1) is 7.51. The van der Waals surface area contributed by atoms with E-state index in [0.717, 1.165) is 18.4 Å². The third kappa shape index (κ3) is 2.22. The first-order valence-corrected chi connectivity index (χ1v) is 5.36. The fourth-order valence-electron chi connectivity index (χ4n) is 1.54. The van der Waals surface area contributed by atoms with Gasteiger partial charge in [-0.2, -0.15) is 0 Å². The van der Waals surface area contributed by atoms with Crippen LogP contribution in [0, 0.1) is 5.82 Å². The van der Waals surface area contributed by atoms with Gasteiger partial charge in [-0.15, -0.1) is 0 Å². The Morgan fingerprint density at radius 3 is 2.50 bits per heavy atom. The number of carbonyl (C=O) groups is 1. The minimum Gasteiger partial charge on any atom is -0.348 e. The number of amides is 1. The van der Waals surface area contributed by atoms with Crippen LogP contribution in [0.15, 0.2) is 24.3 Å². The van der Waals surface area contributed by atoms with Crippen molar-refractivity contribution >= 4 is 5.91 Å². The molecule has 0 heterocycles. The lowest BCUT2D eigenvalue weighted by atomic mass is 10.1. The monoisotopic (exact) mass is 222 g/mol. The topological polar surface area (TPSA) is 55.1 Å². The van der Waals surface area contributed by atoms with Crippen molar-refractivity contribution in [3.05, 3.63) is 35.6 Å². The zero-order valence-corrected chi connectivity index (χ0v) is 9.16. The summed E-state index contributed by atoms with van der Waals surface area (Å²) < 4.78 is 12.7. The van der Waals surface area contributed by atoms with E-state index in [9.17, 15) is 9.18 Å². The molecule has 1 aliphatic carbocycles. The van der Waals surface area contributed by atoms with Crippen molar-refractivity contribution in [3.8, 4) is 0 Å². The van der Waals surface area contributed by atoms with Gasteiger partial charge in [-0.25, -0.2) is 4.39 Å². The summed E-state index contributed by atoms with van der Waals surface area (Å²) in [5.41, 5.74) is 5.98. The van der Waals surface area contributed by atoms with Crippen LogP contribution < -0.4 is 11.1 Å². The molecule has 1 amide bonds. The summed E-state index contributed by atoms with van der Waals surface area (Å²) in [5.74, 6) is -0.399. The SMILES string of the molecule is C[C@H](NC(=O)C1(N)CC1)c1ccc(F)cc1. The van der Waals surface area contributed by atoms with Crippen molar-refractivity contribution in [1.29, 1.82) is 0 Å². The molecule has 1 aliphatic rings. The molecule has 1 aromatic carbocycles. The molecule has 3 N–H and O–H groups in total. The van der Waals surface area contributed by atoms with Crippen LogP contribution in [0.1, 0.15) is 31.4 Å². The van der Waals surface area contributed by atoms with Gasteiger partial charge in [-0.05, 0) is 37.5 Å². The number of hydrogen-bond acceptors (Lipinski definition) is 2. The molecule has 0 aromatic heterocycles. The standard InChI is InChI=1S/C12H15FN2O/c1-8(9-2-4-10(13)5-3-9)15-11(16)12(14)6-7-12/h2-5,8H,6-7,14H2,1H3,(H,15,16)/t8-/m0/s1. The second-order valence-electron chi connectivity index (χ2n) is 4.40. The number of carbonyl (C=O) groups excluding carboxylic acids is 1. The van der Waals surface area contributed by atoms with Crippen molar-refractivity contribution in [1.82, 2.24) is 5.32 Å². The molecule has 0 bridgehead atoms. The molecule has 0 radical (unpaired) electrons. The lowest BCUT2D eigenvalue weighted by Gasteiger charge is -2.17. The van der Waals surface area contributed by atoms with E-state index in [4.69, 9.17) is 5.73 Å². The third-order valence-corrected chi connectivity index (χ3v) is 2.96. The lowest BCUT2D eigenvalue weighted by Crippen LogP contribution is -2.43. The zero-order valence-electron chi connectivity index (χ0n) is 9.16. The van der Waals surface area contributed by atoms with Crippen LogP contribution in [-0.4, -0.2) is 11.4 Å². The van der Waals surface area contributed by atoms with Crippen LogP contribution in [0.4, 0.5) is 4.39 Å². The number of rotatable bonds is 3. The van der Waals surface area contributed by atoms with E-state index in [0.29, 0.717) is 0 Å². The predicted molar refractivity (Wildman–Crippen MR) is 59.1 cm³/mol. The van der Waals surface area contributed by atoms with Gasteiger partial charge in [0, 0.05) is 0 Å². The second kappa shape index (κ2) is 3.87. The Labute approximate surface area is 93.8 Å². The summed E-state index contributed by atoms with van der Waals surface area (Å²) in [6, 6.07) is 5.95. The molecule has 16 heavy (non-hydrogen) atoms. The maximum atomic E-state index is 12.7. The summed E-state index contributed by atoms with van der Waals surface area (Å²) in [7, 11) is 0. The smallest absolute Gasteiger partial charge is 0.240 e. The normalized spacial score (nSPS) is 18.9. The molecule has 1 atom stereocenters. The Morgan fingerprint density at radius 1 is 1.44 bits per heavy atom. The van der Waals surface area contributed by atoms with Crippen LogP contribution in [0.5, 0.6) is 0 Å². The number of nitrogens with one attached hydrogen (secondary N) is 1. The van der Waals surface area contributed by atoms with Crippen molar-refractivity contribution in [2.24, 2.45) is 5.73 Å². The van der Waals surface area contributed by atoms with Crippen molar-refractivity contribution in [3.63, 3.8) is 0 Å². The maximum Gasteiger partial charge on any atom is 0.240 e. The molecular weight excluding hydrogens is 207 g/mol. The van der Waals surface area contributed by atoms with Gasteiger partial charge in [0.2, 0.25) is 5.91 Å². The molecule has 0 aliphatic heterocycles. The van der Waals surface area contributed by atoms with E-state index in [-0.39, 0.29) is 17.8 Å². The largest absolute Gasteiger partial charge is 0.348 e. The highest BCUT2D eigenvalue weighted by Crippen LogP contribution is 2.32. The molecule has 0 saturated heterocycles. The maximum absolute atomic E-state index is 12.7. The highest BCUT2D eigenvalue weighted by atomic mass is 19.1. The molecule has 2 rings (SSSR count). The Hall–Kier alpha value is -1.42. The molecule has 4 heteroatoms. The minimum atomic E-state index is -0.658. The van der Waals surface area contributed by atoms with Crippen LogP contribution >= 0.6 is 0 Å². The quantitative estimate of drug-likeness (QED) is 0.814. The molecule has 1 aromatic rings. The summed E-state index contributed by atoms with van der Waals surface area (Å²) >= 11 is 0. The van der Waals surface area contributed by atoms with Gasteiger partial charge in [-0.3, -0.25) is 4.79 Å². The fraction of sp³-hybridized carbons (Fsp3) is 0.417. The van der Waals surface area contributed by atoms with Crippen molar-refractivity contribution in [2.45, 2.75) is 31.3 Å². The molecule has 1 saturated carbocycles. The lowest BCUT2D eigenvalue weighted by molar-refractivity contribution is -0.123. The summed E-state index contributed by atoms with van der Waals surface area (Å²) in [4.78, 5) is 11.7. The average Bonchev–Trinajstić information content (AvgIpc) is 2.99. The molecule has 1 fully saturated rings. The third-order valence-electron chi connectivity index (χ3n) is 2.96. The highest BCUT2D eigenvalue weighted by molar-refractivity contribution is 5.89. The molecule has 86 valence electrons. The number of hydrogen-bond donors (Lipinski definition) is 2. The molecule has 3 nitrogen and oxygen atoms in total. The molecule has 0 unspecified atom stereocenters. The first-order valence-electron chi connectivity index (χ1n) is 5.36. The van der Waals surface area contributed by atoms with Crippen LogP contribution in [0.2, 0.25) is 0 Å². The van der Waals surface area contributed by atoms with E-state index < -0.39 is 5.54 Å². The Balaban J connectivity index is 2.00. The zero-order chi connectivity index (χ0) is 11.8. The number of benzene rings is 1. The van der Waals surface area contributed by atoms with E-state index in [2.05, 4.69) is 5.32 Å². The van der Waals surface area contributed by atoms with Crippen LogP contribution in [0.25, 0.3) is 0 Å². The average molecular weight is 222 g/mol. The van der Waals surface area contributed by atoms with E-state index in [1.807, 2.05) is 6.92 Å². The Bertz CT molecular complexity index is 398. The van der Waals surface area contributed by atoms with Gasteiger partial charge < -0.3 is 11.1 Å². The van der Waals surface area contributed by atoms with Gasteiger partial charge in [0.15, 0.2) is 0 Å². The number of nitrogens with two attached hydrogens (primary N) is 1. The van der Waals surface area contributed by atoms with E-state index in [1.165, 1.54) is 12.1 Å². The Morgan fingerprint density at radius 2 is 2.00 bits per heavy atom. The molecule has 0 spiro atoms. The summed E-state index contributed by atoms with van der Waals surface area (Å²) in [5, 5.41) is 2.83. The van der Waals surface area contributed by atoms with E-state index in [1.54, 1.807) is 12.1 Å². The minimum absolute atomic E-state index is 0.121. The summed E-state index contributed by atoms with van der Waals surface area (Å²) in [6.45, 7) is 1.86. The second-order valence-corrected chi connectivity index (χ2v) is 4.40. The number of halogens is 1. The van der Waals surface area contributed by atoms with E-state index >= 15 is 0 Å². The van der Waals surface area contributed by atoms with Crippen LogP contribution in [-0.2, 0) is 4.79 Å². The van der Waals surface area contributed by atoms with Gasteiger partial charge in [0.05, 0.1) is 11.6 Å². The van der Waals surface area contributed by atoms with Crippen LogP contribution in [0.3, 0.4) is 0 Å². The first kappa shape index (κ1) is 11.1. The van der Waals surface area contributed by atoms with Crippen molar-refractivity contribution < 1.29 is 9.18 Å². The van der Waals surface area contributed by atoms with Gasteiger partial charge in [0.25, 0.3) is 0 Å². The highest BCUT2D eigenvalue weighted by Gasteiger charge is 2.46. The predicted octanol–water partition coefficient (Wildman–Crippen LogP) is 1.49.